The van der Waals surface area contributed by atoms with Crippen molar-refractivity contribution < 1.29 is 9.21 Å². The number of hydrogen-bond acceptors (Lipinski definition) is 3. The number of anilines is 1. The zero-order valence-electron chi connectivity index (χ0n) is 10.1. The van der Waals surface area contributed by atoms with Crippen molar-refractivity contribution in [1.29, 1.82) is 0 Å². The molecule has 0 aliphatic rings. The highest BCUT2D eigenvalue weighted by Gasteiger charge is 2.14. The van der Waals surface area contributed by atoms with Crippen molar-refractivity contribution >= 4 is 44.7 Å². The summed E-state index contributed by atoms with van der Waals surface area (Å²) in [4.78, 5) is 12.3. The monoisotopic (exact) mass is 338 g/mol. The summed E-state index contributed by atoms with van der Waals surface area (Å²) >= 11 is 8.25. The van der Waals surface area contributed by atoms with E-state index in [2.05, 4.69) is 21.2 Å². The molecule has 1 aromatic carbocycles. The summed E-state index contributed by atoms with van der Waals surface area (Å²) in [5.74, 6) is -0.00315. The fourth-order valence-corrected chi connectivity index (χ4v) is 2.16. The van der Waals surface area contributed by atoms with Crippen LogP contribution in [0.4, 0.5) is 5.69 Å². The van der Waals surface area contributed by atoms with Gasteiger partial charge in [0, 0.05) is 15.6 Å². The lowest BCUT2D eigenvalue weighted by Crippen LogP contribution is -2.13. The number of carbonyl (C=O) groups is 1. The van der Waals surface area contributed by atoms with Gasteiger partial charge in [-0.1, -0.05) is 12.2 Å². The number of benzene rings is 1. The van der Waals surface area contributed by atoms with Crippen molar-refractivity contribution in [3.63, 3.8) is 0 Å². The van der Waals surface area contributed by atoms with Crippen molar-refractivity contribution in [3.8, 4) is 0 Å². The highest BCUT2D eigenvalue weighted by atomic mass is 79.9. The predicted octanol–water partition coefficient (Wildman–Crippen LogP) is 3.24. The summed E-state index contributed by atoms with van der Waals surface area (Å²) in [6.45, 7) is 1.81. The molecule has 0 aliphatic carbocycles. The molecule has 1 heterocycles. The minimum absolute atomic E-state index is 0.297. The molecule has 0 bridgehead atoms. The average Bonchev–Trinajstić information content (AvgIpc) is 2.77. The molecule has 6 heteroatoms. The Morgan fingerprint density at radius 3 is 2.68 bits per heavy atom. The zero-order valence-corrected chi connectivity index (χ0v) is 12.5. The van der Waals surface area contributed by atoms with Crippen LogP contribution in [0.5, 0.6) is 0 Å². The van der Waals surface area contributed by atoms with Gasteiger partial charge >= 0.3 is 0 Å². The number of nitrogens with two attached hydrogens (primary N) is 1. The number of hydrogen-bond donors (Lipinski definition) is 2. The van der Waals surface area contributed by atoms with E-state index in [1.54, 1.807) is 24.3 Å². The lowest BCUT2D eigenvalue weighted by Gasteiger charge is -2.08. The van der Waals surface area contributed by atoms with Crippen LogP contribution < -0.4 is 11.1 Å². The molecule has 19 heavy (non-hydrogen) atoms. The Kier molecular flexibility index (Phi) is 4.01. The van der Waals surface area contributed by atoms with E-state index in [1.165, 1.54) is 6.26 Å². The van der Waals surface area contributed by atoms with E-state index in [0.717, 1.165) is 11.1 Å². The zero-order chi connectivity index (χ0) is 14.0. The third-order valence-electron chi connectivity index (χ3n) is 2.57. The SMILES string of the molecule is Cc1ccoc1C(=O)Nc1ccc(C(N)=S)cc1Br. The fourth-order valence-electron chi connectivity index (χ4n) is 1.55. The van der Waals surface area contributed by atoms with Gasteiger partial charge in [-0.25, -0.2) is 0 Å². The largest absolute Gasteiger partial charge is 0.459 e. The van der Waals surface area contributed by atoms with Gasteiger partial charge in [0.1, 0.15) is 4.99 Å². The van der Waals surface area contributed by atoms with Crippen LogP contribution in [-0.4, -0.2) is 10.9 Å². The molecule has 2 aromatic rings. The van der Waals surface area contributed by atoms with Crippen molar-refractivity contribution in [1.82, 2.24) is 0 Å². The first-order chi connectivity index (χ1) is 8.99. The average molecular weight is 339 g/mol. The molecule has 0 spiro atoms. The maximum atomic E-state index is 12.0. The number of halogens is 1. The van der Waals surface area contributed by atoms with Crippen molar-refractivity contribution in [2.45, 2.75) is 6.92 Å². The van der Waals surface area contributed by atoms with Crippen molar-refractivity contribution in [2.24, 2.45) is 5.73 Å². The summed E-state index contributed by atoms with van der Waals surface area (Å²) in [7, 11) is 0. The standard InChI is InChI=1S/C13H11BrN2O2S/c1-7-4-5-18-11(7)13(17)16-10-3-2-8(12(15)19)6-9(10)14/h2-6H,1H3,(H2,15,19)(H,16,17). The quantitative estimate of drug-likeness (QED) is 0.843. The molecule has 1 amide bonds. The molecule has 0 unspecified atom stereocenters. The highest BCUT2D eigenvalue weighted by Crippen LogP contribution is 2.24. The molecular formula is C13H11BrN2O2S. The topological polar surface area (TPSA) is 68.3 Å². The van der Waals surface area contributed by atoms with Crippen LogP contribution in [0.25, 0.3) is 0 Å². The Labute approximate surface area is 124 Å². The smallest absolute Gasteiger partial charge is 0.291 e. The van der Waals surface area contributed by atoms with Crippen LogP contribution in [0.2, 0.25) is 0 Å². The molecule has 3 N–H and O–H groups in total. The summed E-state index contributed by atoms with van der Waals surface area (Å²) in [5, 5.41) is 2.76. The van der Waals surface area contributed by atoms with Crippen LogP contribution >= 0.6 is 28.1 Å². The fraction of sp³-hybridized carbons (Fsp3) is 0.0769. The number of furan rings is 1. The van der Waals surface area contributed by atoms with Gasteiger partial charge in [0.25, 0.3) is 5.91 Å². The minimum atomic E-state index is -0.300. The van der Waals surface area contributed by atoms with Crippen molar-refractivity contribution in [2.75, 3.05) is 5.32 Å². The number of amides is 1. The van der Waals surface area contributed by atoms with Crippen molar-refractivity contribution in [3.05, 3.63) is 51.9 Å². The Morgan fingerprint density at radius 2 is 2.16 bits per heavy atom. The molecule has 0 atom stereocenters. The second-order valence-electron chi connectivity index (χ2n) is 3.95. The van der Waals surface area contributed by atoms with Gasteiger partial charge in [0.05, 0.1) is 12.0 Å². The summed E-state index contributed by atoms with van der Waals surface area (Å²) < 4.78 is 5.84. The molecule has 1 aromatic heterocycles. The predicted molar refractivity (Wildman–Crippen MR) is 81.4 cm³/mol. The molecular weight excluding hydrogens is 328 g/mol. The van der Waals surface area contributed by atoms with Crippen LogP contribution in [0.1, 0.15) is 21.7 Å². The van der Waals surface area contributed by atoms with Gasteiger partial charge in [0.15, 0.2) is 5.76 Å². The molecule has 2 rings (SSSR count). The van der Waals surface area contributed by atoms with Gasteiger partial charge in [0.2, 0.25) is 0 Å². The van der Waals surface area contributed by atoms with E-state index in [4.69, 9.17) is 22.4 Å². The molecule has 0 radical (unpaired) electrons. The first-order valence-corrected chi connectivity index (χ1v) is 6.64. The molecule has 0 saturated heterocycles. The highest BCUT2D eigenvalue weighted by molar-refractivity contribution is 9.10. The normalized spacial score (nSPS) is 10.2. The van der Waals surface area contributed by atoms with Gasteiger partial charge in [-0.3, -0.25) is 4.79 Å². The minimum Gasteiger partial charge on any atom is -0.459 e. The third kappa shape index (κ3) is 3.02. The lowest BCUT2D eigenvalue weighted by atomic mass is 10.2. The first-order valence-electron chi connectivity index (χ1n) is 5.44. The lowest BCUT2D eigenvalue weighted by molar-refractivity contribution is 0.0996. The molecule has 0 fully saturated rings. The van der Waals surface area contributed by atoms with E-state index in [1.807, 2.05) is 6.92 Å². The van der Waals surface area contributed by atoms with E-state index >= 15 is 0 Å². The molecule has 98 valence electrons. The summed E-state index contributed by atoms with van der Waals surface area (Å²) in [5.41, 5.74) is 7.68. The Balaban J connectivity index is 2.23. The second kappa shape index (κ2) is 5.54. The third-order valence-corrected chi connectivity index (χ3v) is 3.46. The van der Waals surface area contributed by atoms with Crippen LogP contribution in [0.3, 0.4) is 0 Å². The van der Waals surface area contributed by atoms with Crippen LogP contribution in [-0.2, 0) is 0 Å². The number of aryl methyl sites for hydroxylation is 1. The van der Waals surface area contributed by atoms with Gasteiger partial charge in [-0.15, -0.1) is 0 Å². The Morgan fingerprint density at radius 1 is 1.42 bits per heavy atom. The number of carbonyl (C=O) groups excluding carboxylic acids is 1. The molecule has 0 aliphatic heterocycles. The van der Waals surface area contributed by atoms with Gasteiger partial charge in [-0.05, 0) is 47.1 Å². The maximum Gasteiger partial charge on any atom is 0.291 e. The van der Waals surface area contributed by atoms with Crippen LogP contribution in [0, 0.1) is 6.92 Å². The number of nitrogens with one attached hydrogen (secondary N) is 1. The van der Waals surface area contributed by atoms with Gasteiger partial charge < -0.3 is 15.5 Å². The van der Waals surface area contributed by atoms with E-state index < -0.39 is 0 Å². The van der Waals surface area contributed by atoms with E-state index in [9.17, 15) is 4.79 Å². The van der Waals surface area contributed by atoms with E-state index in [-0.39, 0.29) is 5.91 Å². The Bertz CT molecular complexity index is 652. The number of rotatable bonds is 3. The maximum absolute atomic E-state index is 12.0. The molecule has 4 nitrogen and oxygen atoms in total. The Hall–Kier alpha value is -1.66. The summed E-state index contributed by atoms with van der Waals surface area (Å²) in [6, 6.07) is 6.97. The van der Waals surface area contributed by atoms with Gasteiger partial charge in [-0.2, -0.15) is 0 Å². The number of thiocarbonyl (C=S) groups is 1. The van der Waals surface area contributed by atoms with E-state index in [0.29, 0.717) is 20.9 Å². The first kappa shape index (κ1) is 13.8. The van der Waals surface area contributed by atoms with Crippen LogP contribution in [0.15, 0.2) is 39.4 Å². The molecule has 0 saturated carbocycles. The second-order valence-corrected chi connectivity index (χ2v) is 5.24. The summed E-state index contributed by atoms with van der Waals surface area (Å²) in [6.07, 6.45) is 1.48.